The van der Waals surface area contributed by atoms with Crippen molar-refractivity contribution in [1.29, 1.82) is 0 Å². The van der Waals surface area contributed by atoms with Gasteiger partial charge in [-0.15, -0.1) is 10.2 Å². The van der Waals surface area contributed by atoms with Crippen LogP contribution in [0.5, 0.6) is 0 Å². The van der Waals surface area contributed by atoms with Gasteiger partial charge in [-0.3, -0.25) is 9.48 Å². The zero-order valence-electron chi connectivity index (χ0n) is 16.6. The highest BCUT2D eigenvalue weighted by molar-refractivity contribution is 5.92. The quantitative estimate of drug-likeness (QED) is 0.753. The number of hydrogen-bond donors (Lipinski definition) is 0. The van der Waals surface area contributed by atoms with Crippen molar-refractivity contribution in [2.24, 2.45) is 0 Å². The van der Waals surface area contributed by atoms with E-state index >= 15 is 0 Å². The van der Waals surface area contributed by atoms with Gasteiger partial charge in [-0.25, -0.2) is 0 Å². The van der Waals surface area contributed by atoms with Crippen molar-refractivity contribution in [3.63, 3.8) is 0 Å². The molecule has 4 rings (SSSR count). The minimum Gasteiger partial charge on any atom is -0.355 e. The number of carbonyl (C=O) groups excluding carboxylic acids is 1. The predicted octanol–water partition coefficient (Wildman–Crippen LogP) is 1.51. The maximum atomic E-state index is 12.8. The molecule has 8 nitrogen and oxygen atoms in total. The van der Waals surface area contributed by atoms with Crippen molar-refractivity contribution in [3.8, 4) is 0 Å². The molecule has 0 aromatic carbocycles. The number of rotatable bonds is 6. The van der Waals surface area contributed by atoms with E-state index in [2.05, 4.69) is 25.1 Å². The minimum absolute atomic E-state index is 0.0320. The second-order valence-electron chi connectivity index (χ2n) is 7.73. The van der Waals surface area contributed by atoms with Gasteiger partial charge in [-0.2, -0.15) is 5.10 Å². The molecule has 2 aromatic heterocycles. The van der Waals surface area contributed by atoms with Crippen molar-refractivity contribution >= 4 is 11.7 Å². The molecule has 2 fully saturated rings. The molecule has 1 amide bonds. The molecule has 8 heteroatoms. The molecule has 28 heavy (non-hydrogen) atoms. The first kappa shape index (κ1) is 18.9. The Balaban J connectivity index is 1.27. The van der Waals surface area contributed by atoms with Crippen LogP contribution >= 0.6 is 0 Å². The van der Waals surface area contributed by atoms with Crippen molar-refractivity contribution in [1.82, 2.24) is 29.8 Å². The summed E-state index contributed by atoms with van der Waals surface area (Å²) in [6.45, 7) is 5.97. The third kappa shape index (κ3) is 4.32. The highest BCUT2D eigenvalue weighted by atomic mass is 16.2. The second-order valence-corrected chi connectivity index (χ2v) is 7.73. The Labute approximate surface area is 166 Å². The summed E-state index contributed by atoms with van der Waals surface area (Å²) >= 11 is 0. The third-order valence-electron chi connectivity index (χ3n) is 5.93. The summed E-state index contributed by atoms with van der Waals surface area (Å²) in [5.41, 5.74) is 0.437. The maximum Gasteiger partial charge on any atom is 0.274 e. The molecule has 0 N–H and O–H groups in total. The van der Waals surface area contributed by atoms with Crippen LogP contribution in [0.2, 0.25) is 0 Å². The number of hydrogen-bond acceptors (Lipinski definition) is 6. The van der Waals surface area contributed by atoms with Gasteiger partial charge in [0.1, 0.15) is 0 Å². The summed E-state index contributed by atoms with van der Waals surface area (Å²) in [5, 5.41) is 12.7. The van der Waals surface area contributed by atoms with E-state index in [1.54, 1.807) is 0 Å². The van der Waals surface area contributed by atoms with Crippen molar-refractivity contribution in [2.75, 3.05) is 44.7 Å². The zero-order chi connectivity index (χ0) is 19.3. The van der Waals surface area contributed by atoms with Crippen LogP contribution in [0.4, 0.5) is 5.82 Å². The lowest BCUT2D eigenvalue weighted by Gasteiger charge is -2.36. The fraction of sp³-hybridized carbons (Fsp3) is 0.600. The minimum atomic E-state index is -0.0320. The predicted molar refractivity (Wildman–Crippen MR) is 107 cm³/mol. The summed E-state index contributed by atoms with van der Waals surface area (Å²) in [6, 6.07) is 5.96. The first-order valence-corrected chi connectivity index (χ1v) is 10.3. The average molecular weight is 384 g/mol. The largest absolute Gasteiger partial charge is 0.355 e. The molecule has 0 radical (unpaired) electrons. The molecule has 2 saturated heterocycles. The van der Waals surface area contributed by atoms with E-state index < -0.39 is 0 Å². The lowest BCUT2D eigenvalue weighted by molar-refractivity contribution is 0.0632. The fourth-order valence-corrected chi connectivity index (χ4v) is 4.11. The first-order valence-electron chi connectivity index (χ1n) is 10.3. The smallest absolute Gasteiger partial charge is 0.274 e. The highest BCUT2D eigenvalue weighted by Gasteiger charge is 2.27. The lowest BCUT2D eigenvalue weighted by atomic mass is 10.0. The second kappa shape index (κ2) is 8.68. The van der Waals surface area contributed by atoms with E-state index in [4.69, 9.17) is 0 Å². The van der Waals surface area contributed by atoms with Crippen LogP contribution < -0.4 is 4.90 Å². The molecule has 0 unspecified atom stereocenters. The molecule has 150 valence electrons. The van der Waals surface area contributed by atoms with E-state index in [9.17, 15) is 4.79 Å². The molecule has 0 atom stereocenters. The van der Waals surface area contributed by atoms with Gasteiger partial charge in [0.05, 0.1) is 6.54 Å². The summed E-state index contributed by atoms with van der Waals surface area (Å²) in [4.78, 5) is 19.3. The van der Waals surface area contributed by atoms with Gasteiger partial charge < -0.3 is 14.7 Å². The van der Waals surface area contributed by atoms with Gasteiger partial charge >= 0.3 is 0 Å². The van der Waals surface area contributed by atoms with Crippen LogP contribution in [-0.4, -0.2) is 81.5 Å². The van der Waals surface area contributed by atoms with Gasteiger partial charge in [-0.1, -0.05) is 0 Å². The van der Waals surface area contributed by atoms with Crippen molar-refractivity contribution in [2.45, 2.75) is 38.3 Å². The number of aromatic nitrogens is 4. The number of piperidine rings is 1. The SMILES string of the molecule is CN(C(=O)c1ccc(N2CCCC2)nn1)C1CCN(CCn2cccn2)CC1. The molecular weight excluding hydrogens is 354 g/mol. The van der Waals surface area contributed by atoms with Crippen LogP contribution in [0.3, 0.4) is 0 Å². The molecule has 4 heterocycles. The Morgan fingerprint density at radius 1 is 1.11 bits per heavy atom. The van der Waals surface area contributed by atoms with Gasteiger partial charge in [0.15, 0.2) is 11.5 Å². The third-order valence-corrected chi connectivity index (χ3v) is 5.93. The Morgan fingerprint density at radius 2 is 1.89 bits per heavy atom. The summed E-state index contributed by atoms with van der Waals surface area (Å²) in [5.74, 6) is 0.845. The Morgan fingerprint density at radius 3 is 2.54 bits per heavy atom. The van der Waals surface area contributed by atoms with E-state index in [0.29, 0.717) is 5.69 Å². The molecule has 2 aromatic rings. The number of anilines is 1. The van der Waals surface area contributed by atoms with Gasteiger partial charge in [-0.05, 0) is 43.9 Å². The Bertz CT molecular complexity index is 747. The van der Waals surface area contributed by atoms with Crippen LogP contribution in [0.1, 0.15) is 36.2 Å². The zero-order valence-corrected chi connectivity index (χ0v) is 16.6. The van der Waals surface area contributed by atoms with Crippen LogP contribution in [-0.2, 0) is 6.54 Å². The fourth-order valence-electron chi connectivity index (χ4n) is 4.11. The van der Waals surface area contributed by atoms with Gasteiger partial charge in [0.2, 0.25) is 0 Å². The molecular formula is C20H29N7O. The number of likely N-dealkylation sites (tertiary alicyclic amines) is 1. The van der Waals surface area contributed by atoms with Crippen LogP contribution in [0.15, 0.2) is 30.6 Å². The molecule has 0 saturated carbocycles. The number of amides is 1. The van der Waals surface area contributed by atoms with E-state index in [0.717, 1.165) is 57.9 Å². The number of carbonyl (C=O) groups is 1. The molecule has 2 aliphatic heterocycles. The topological polar surface area (TPSA) is 70.4 Å². The van der Waals surface area contributed by atoms with Crippen LogP contribution in [0, 0.1) is 0 Å². The molecule has 0 bridgehead atoms. The van der Waals surface area contributed by atoms with E-state index in [1.165, 1.54) is 12.8 Å². The first-order chi connectivity index (χ1) is 13.7. The molecule has 2 aliphatic rings. The number of nitrogens with zero attached hydrogens (tertiary/aromatic N) is 7. The van der Waals surface area contributed by atoms with Crippen molar-refractivity contribution < 1.29 is 4.79 Å². The lowest BCUT2D eigenvalue weighted by Crippen LogP contribution is -2.46. The highest BCUT2D eigenvalue weighted by Crippen LogP contribution is 2.19. The van der Waals surface area contributed by atoms with E-state index in [1.807, 2.05) is 47.2 Å². The normalized spacial score (nSPS) is 18.5. The van der Waals surface area contributed by atoms with Crippen molar-refractivity contribution in [3.05, 3.63) is 36.3 Å². The Kier molecular flexibility index (Phi) is 5.85. The van der Waals surface area contributed by atoms with Gasteiger partial charge in [0.25, 0.3) is 5.91 Å². The summed E-state index contributed by atoms with van der Waals surface area (Å²) in [6.07, 6.45) is 8.18. The maximum absolute atomic E-state index is 12.8. The van der Waals surface area contributed by atoms with E-state index in [-0.39, 0.29) is 11.9 Å². The van der Waals surface area contributed by atoms with Gasteiger partial charge in [0, 0.05) is 58.2 Å². The Hall–Kier alpha value is -2.48. The molecule has 0 spiro atoms. The summed E-state index contributed by atoms with van der Waals surface area (Å²) in [7, 11) is 1.89. The molecule has 0 aliphatic carbocycles. The van der Waals surface area contributed by atoms with Crippen LogP contribution in [0.25, 0.3) is 0 Å². The summed E-state index contributed by atoms with van der Waals surface area (Å²) < 4.78 is 1.96. The average Bonchev–Trinajstić information content (AvgIpc) is 3.46. The standard InChI is InChI=1S/C20H29N7O/c1-24(17-7-13-25(14-8-17)15-16-27-12-4-9-21-27)20(28)18-5-6-19(23-22-18)26-10-2-3-11-26/h4-6,9,12,17H,2-3,7-8,10-11,13-16H2,1H3. The monoisotopic (exact) mass is 383 g/mol.